The number of rotatable bonds is 5. The van der Waals surface area contributed by atoms with Gasteiger partial charge in [0.15, 0.2) is 0 Å². The first-order chi connectivity index (χ1) is 8.24. The molecule has 18 heavy (non-hydrogen) atoms. The lowest BCUT2D eigenvalue weighted by Crippen LogP contribution is -2.15. The van der Waals surface area contributed by atoms with Gasteiger partial charge in [0.05, 0.1) is 12.4 Å². The Balaban J connectivity index is 0.00000162. The minimum Gasteiger partial charge on any atom is -0.391 e. The molecule has 0 aliphatic rings. The molecular formula is C13H16BrClN2O. The zero-order valence-corrected chi connectivity index (χ0v) is 12.3. The van der Waals surface area contributed by atoms with Crippen molar-refractivity contribution in [2.24, 2.45) is 0 Å². The first kappa shape index (κ1) is 15.2. The molecule has 3 nitrogen and oxygen atoms in total. The predicted molar refractivity (Wildman–Crippen MR) is 77.9 cm³/mol. The van der Waals surface area contributed by atoms with Gasteiger partial charge in [0.25, 0.3) is 0 Å². The van der Waals surface area contributed by atoms with Gasteiger partial charge in [0.1, 0.15) is 0 Å². The molecule has 0 radical (unpaired) electrons. The summed E-state index contributed by atoms with van der Waals surface area (Å²) < 4.78 is 2.98. The number of aryl methyl sites for hydroxylation is 1. The second-order valence-corrected chi connectivity index (χ2v) is 4.99. The minimum atomic E-state index is -0.326. The van der Waals surface area contributed by atoms with Gasteiger partial charge in [0.2, 0.25) is 0 Å². The quantitative estimate of drug-likeness (QED) is 0.914. The van der Waals surface area contributed by atoms with E-state index >= 15 is 0 Å². The normalized spacial score (nSPS) is 11.9. The summed E-state index contributed by atoms with van der Waals surface area (Å²) in [7, 11) is 0. The molecule has 0 amide bonds. The van der Waals surface area contributed by atoms with Crippen molar-refractivity contribution in [3.63, 3.8) is 0 Å². The summed E-state index contributed by atoms with van der Waals surface area (Å²) >= 11 is 3.41. The van der Waals surface area contributed by atoms with E-state index in [1.807, 2.05) is 22.9 Å². The van der Waals surface area contributed by atoms with Gasteiger partial charge in [0, 0.05) is 23.4 Å². The third-order valence-corrected chi connectivity index (χ3v) is 3.19. The molecule has 0 saturated carbocycles. The summed E-state index contributed by atoms with van der Waals surface area (Å²) in [5.41, 5.74) is 1.25. The molecule has 0 spiro atoms. The fraction of sp³-hybridized carbons (Fsp3) is 0.308. The zero-order valence-electron chi connectivity index (χ0n) is 9.87. The van der Waals surface area contributed by atoms with Crippen molar-refractivity contribution < 1.29 is 5.11 Å². The number of hydrogen-bond donors (Lipinski definition) is 1. The zero-order chi connectivity index (χ0) is 12.1. The average molecular weight is 332 g/mol. The maximum absolute atomic E-state index is 9.88. The fourth-order valence-electron chi connectivity index (χ4n) is 1.71. The van der Waals surface area contributed by atoms with E-state index in [9.17, 15) is 5.11 Å². The van der Waals surface area contributed by atoms with Crippen LogP contribution in [-0.2, 0) is 13.0 Å². The van der Waals surface area contributed by atoms with Gasteiger partial charge in [-0.05, 0) is 30.5 Å². The van der Waals surface area contributed by atoms with Gasteiger partial charge in [-0.3, -0.25) is 0 Å². The monoisotopic (exact) mass is 330 g/mol. The van der Waals surface area contributed by atoms with E-state index in [0.29, 0.717) is 6.54 Å². The molecule has 98 valence electrons. The molecule has 0 aliphatic carbocycles. The second-order valence-electron chi connectivity index (χ2n) is 4.08. The van der Waals surface area contributed by atoms with Gasteiger partial charge in [-0.15, -0.1) is 12.4 Å². The Morgan fingerprint density at radius 1 is 1.28 bits per heavy atom. The third kappa shape index (κ3) is 4.80. The maximum Gasteiger partial charge on any atom is 0.0946 e. The fourth-order valence-corrected chi connectivity index (χ4v) is 1.98. The molecule has 1 aromatic heterocycles. The lowest BCUT2D eigenvalue weighted by Gasteiger charge is -2.11. The van der Waals surface area contributed by atoms with Crippen LogP contribution >= 0.6 is 28.3 Å². The summed E-state index contributed by atoms with van der Waals surface area (Å²) in [6, 6.07) is 8.21. The van der Waals surface area contributed by atoms with Crippen molar-refractivity contribution in [3.05, 3.63) is 53.0 Å². The largest absolute Gasteiger partial charge is 0.391 e. The highest BCUT2D eigenvalue weighted by molar-refractivity contribution is 9.10. The Kier molecular flexibility index (Phi) is 6.39. The summed E-state index contributed by atoms with van der Waals surface area (Å²) in [5, 5.41) is 9.88. The number of nitrogens with zero attached hydrogens (tertiary/aromatic N) is 2. The van der Waals surface area contributed by atoms with Crippen LogP contribution < -0.4 is 0 Å². The van der Waals surface area contributed by atoms with Crippen LogP contribution in [0.5, 0.6) is 0 Å². The Morgan fingerprint density at radius 2 is 2.00 bits per heavy atom. The molecule has 2 rings (SSSR count). The van der Waals surface area contributed by atoms with Crippen molar-refractivity contribution in [2.45, 2.75) is 25.5 Å². The average Bonchev–Trinajstić information content (AvgIpc) is 2.81. The van der Waals surface area contributed by atoms with Crippen LogP contribution in [0.4, 0.5) is 0 Å². The molecule has 1 atom stereocenters. The number of imidazole rings is 1. The SMILES string of the molecule is Cl.OC(CCc1ccc(Br)cc1)Cn1ccnc1. The van der Waals surface area contributed by atoms with Crippen molar-refractivity contribution >= 4 is 28.3 Å². The van der Waals surface area contributed by atoms with Gasteiger partial charge >= 0.3 is 0 Å². The van der Waals surface area contributed by atoms with Gasteiger partial charge in [-0.1, -0.05) is 28.1 Å². The molecule has 1 aromatic carbocycles. The Labute approximate surface area is 121 Å². The van der Waals surface area contributed by atoms with Gasteiger partial charge < -0.3 is 9.67 Å². The van der Waals surface area contributed by atoms with Crippen LogP contribution in [0.2, 0.25) is 0 Å². The maximum atomic E-state index is 9.88. The van der Waals surface area contributed by atoms with Crippen molar-refractivity contribution in [3.8, 4) is 0 Å². The summed E-state index contributed by atoms with van der Waals surface area (Å²) in [4.78, 5) is 3.95. The van der Waals surface area contributed by atoms with Crippen LogP contribution in [0, 0.1) is 0 Å². The number of benzene rings is 1. The lowest BCUT2D eigenvalue weighted by atomic mass is 10.1. The molecule has 5 heteroatoms. The summed E-state index contributed by atoms with van der Waals surface area (Å²) in [6.07, 6.45) is 6.64. The number of halogens is 2. The van der Waals surface area contributed by atoms with Crippen LogP contribution in [-0.4, -0.2) is 20.8 Å². The van der Waals surface area contributed by atoms with Crippen molar-refractivity contribution in [1.29, 1.82) is 0 Å². The molecule has 2 aromatic rings. The first-order valence-corrected chi connectivity index (χ1v) is 6.41. The Morgan fingerprint density at radius 3 is 2.61 bits per heavy atom. The summed E-state index contributed by atoms with van der Waals surface area (Å²) in [6.45, 7) is 0.608. The lowest BCUT2D eigenvalue weighted by molar-refractivity contribution is 0.144. The number of aliphatic hydroxyl groups is 1. The molecule has 0 bridgehead atoms. The van der Waals surface area contributed by atoms with Gasteiger partial charge in [-0.2, -0.15) is 0 Å². The second kappa shape index (κ2) is 7.56. The van der Waals surface area contributed by atoms with Crippen molar-refractivity contribution in [1.82, 2.24) is 9.55 Å². The van der Waals surface area contributed by atoms with Crippen LogP contribution in [0.15, 0.2) is 47.5 Å². The van der Waals surface area contributed by atoms with E-state index in [4.69, 9.17) is 0 Å². The Bertz CT molecular complexity index is 445. The highest BCUT2D eigenvalue weighted by Gasteiger charge is 2.05. The van der Waals surface area contributed by atoms with E-state index in [-0.39, 0.29) is 18.5 Å². The minimum absolute atomic E-state index is 0. The molecule has 1 N–H and O–H groups in total. The highest BCUT2D eigenvalue weighted by Crippen LogP contribution is 2.12. The highest BCUT2D eigenvalue weighted by atomic mass is 79.9. The van der Waals surface area contributed by atoms with Crippen LogP contribution in [0.25, 0.3) is 0 Å². The van der Waals surface area contributed by atoms with E-state index in [0.717, 1.165) is 17.3 Å². The molecule has 0 saturated heterocycles. The third-order valence-electron chi connectivity index (χ3n) is 2.66. The number of aliphatic hydroxyl groups excluding tert-OH is 1. The van der Waals surface area contributed by atoms with Crippen LogP contribution in [0.3, 0.4) is 0 Å². The standard InChI is InChI=1S/C13H15BrN2O.ClH/c14-12-4-1-11(2-5-12)3-6-13(17)9-16-8-7-15-10-16;/h1-2,4-5,7-8,10,13,17H,3,6,9H2;1H. The smallest absolute Gasteiger partial charge is 0.0946 e. The molecule has 1 unspecified atom stereocenters. The molecule has 0 aliphatic heterocycles. The topological polar surface area (TPSA) is 38.0 Å². The van der Waals surface area contributed by atoms with Gasteiger partial charge in [-0.25, -0.2) is 4.98 Å². The first-order valence-electron chi connectivity index (χ1n) is 5.62. The molecule has 1 heterocycles. The number of hydrogen-bond acceptors (Lipinski definition) is 2. The molecular weight excluding hydrogens is 316 g/mol. The predicted octanol–water partition coefficient (Wildman–Crippen LogP) is 3.06. The van der Waals surface area contributed by atoms with Crippen molar-refractivity contribution in [2.75, 3.05) is 0 Å². The molecule has 0 fully saturated rings. The number of aromatic nitrogens is 2. The van der Waals surface area contributed by atoms with E-state index in [1.165, 1.54) is 5.56 Å². The van der Waals surface area contributed by atoms with E-state index in [1.54, 1.807) is 12.5 Å². The van der Waals surface area contributed by atoms with E-state index < -0.39 is 0 Å². The van der Waals surface area contributed by atoms with Crippen LogP contribution in [0.1, 0.15) is 12.0 Å². The summed E-state index contributed by atoms with van der Waals surface area (Å²) in [5.74, 6) is 0. The Hall–Kier alpha value is -0.840. The van der Waals surface area contributed by atoms with E-state index in [2.05, 4.69) is 33.0 Å².